The SMILES string of the molecule is C=Cc1ccc(C(=O)OC2(C)COC(=O)C2)cc1. The van der Waals surface area contributed by atoms with E-state index in [1.54, 1.807) is 37.3 Å². The van der Waals surface area contributed by atoms with E-state index >= 15 is 0 Å². The number of ether oxygens (including phenoxy) is 2. The fourth-order valence-corrected chi connectivity index (χ4v) is 1.74. The molecule has 1 aromatic rings. The van der Waals surface area contributed by atoms with E-state index in [1.807, 2.05) is 0 Å². The second kappa shape index (κ2) is 4.64. The third-order valence-electron chi connectivity index (χ3n) is 2.78. The molecule has 4 nitrogen and oxygen atoms in total. The molecule has 1 aliphatic rings. The van der Waals surface area contributed by atoms with E-state index in [2.05, 4.69) is 6.58 Å². The molecule has 2 rings (SSSR count). The van der Waals surface area contributed by atoms with Gasteiger partial charge in [0.2, 0.25) is 0 Å². The number of cyclic esters (lactones) is 1. The van der Waals surface area contributed by atoms with Gasteiger partial charge < -0.3 is 9.47 Å². The Morgan fingerprint density at radius 3 is 2.61 bits per heavy atom. The van der Waals surface area contributed by atoms with E-state index in [4.69, 9.17) is 9.47 Å². The Labute approximate surface area is 105 Å². The van der Waals surface area contributed by atoms with Gasteiger partial charge in [0.15, 0.2) is 5.60 Å². The van der Waals surface area contributed by atoms with E-state index in [9.17, 15) is 9.59 Å². The molecule has 0 aromatic heterocycles. The summed E-state index contributed by atoms with van der Waals surface area (Å²) < 4.78 is 10.1. The van der Waals surface area contributed by atoms with Crippen LogP contribution in [0.25, 0.3) is 6.08 Å². The summed E-state index contributed by atoms with van der Waals surface area (Å²) in [6.07, 6.45) is 1.80. The summed E-state index contributed by atoms with van der Waals surface area (Å²) >= 11 is 0. The summed E-state index contributed by atoms with van der Waals surface area (Å²) in [5, 5.41) is 0. The van der Waals surface area contributed by atoms with Gasteiger partial charge in [-0.1, -0.05) is 24.8 Å². The highest BCUT2D eigenvalue weighted by Gasteiger charge is 2.39. The smallest absolute Gasteiger partial charge is 0.338 e. The lowest BCUT2D eigenvalue weighted by molar-refractivity contribution is -0.137. The van der Waals surface area contributed by atoms with E-state index in [0.29, 0.717) is 5.56 Å². The predicted octanol–water partition coefficient (Wildman–Crippen LogP) is 2.19. The van der Waals surface area contributed by atoms with Crippen LogP contribution in [0.2, 0.25) is 0 Å². The van der Waals surface area contributed by atoms with Crippen molar-refractivity contribution in [3.8, 4) is 0 Å². The zero-order valence-corrected chi connectivity index (χ0v) is 10.1. The van der Waals surface area contributed by atoms with Crippen molar-refractivity contribution in [2.45, 2.75) is 18.9 Å². The Bertz CT molecular complexity index is 489. The molecule has 4 heteroatoms. The summed E-state index contributed by atoms with van der Waals surface area (Å²) in [5.41, 5.74) is 0.518. The third kappa shape index (κ3) is 2.59. The molecule has 0 amide bonds. The fraction of sp³-hybridized carbons (Fsp3) is 0.286. The molecule has 0 saturated carbocycles. The van der Waals surface area contributed by atoms with E-state index in [0.717, 1.165) is 5.56 Å². The molecule has 1 aromatic carbocycles. The zero-order valence-electron chi connectivity index (χ0n) is 10.1. The molecule has 0 N–H and O–H groups in total. The van der Waals surface area contributed by atoms with Crippen LogP contribution in [0.15, 0.2) is 30.8 Å². The van der Waals surface area contributed by atoms with Crippen molar-refractivity contribution in [1.82, 2.24) is 0 Å². The van der Waals surface area contributed by atoms with E-state index < -0.39 is 11.6 Å². The molecule has 0 aliphatic carbocycles. The van der Waals surface area contributed by atoms with Crippen LogP contribution in [-0.4, -0.2) is 24.1 Å². The highest BCUT2D eigenvalue weighted by molar-refractivity contribution is 5.90. The third-order valence-corrected chi connectivity index (χ3v) is 2.78. The molecular formula is C14H14O4. The number of carbonyl (C=O) groups excluding carboxylic acids is 2. The van der Waals surface area contributed by atoms with Gasteiger partial charge in [0, 0.05) is 0 Å². The molecule has 1 heterocycles. The lowest BCUT2D eigenvalue weighted by atomic mass is 10.1. The van der Waals surface area contributed by atoms with Gasteiger partial charge in [0.25, 0.3) is 0 Å². The van der Waals surface area contributed by atoms with Gasteiger partial charge in [-0.2, -0.15) is 0 Å². The molecule has 0 bridgehead atoms. The monoisotopic (exact) mass is 246 g/mol. The van der Waals surface area contributed by atoms with Crippen molar-refractivity contribution >= 4 is 18.0 Å². The number of hydrogen-bond donors (Lipinski definition) is 0. The molecule has 1 atom stereocenters. The van der Waals surface area contributed by atoms with Crippen molar-refractivity contribution in [3.05, 3.63) is 42.0 Å². The minimum absolute atomic E-state index is 0.101. The van der Waals surface area contributed by atoms with Crippen molar-refractivity contribution in [3.63, 3.8) is 0 Å². The van der Waals surface area contributed by atoms with Crippen LogP contribution >= 0.6 is 0 Å². The average Bonchev–Trinajstić information content (AvgIpc) is 2.69. The van der Waals surface area contributed by atoms with Gasteiger partial charge in [-0.15, -0.1) is 0 Å². The molecule has 94 valence electrons. The molecule has 1 saturated heterocycles. The van der Waals surface area contributed by atoms with Gasteiger partial charge in [-0.3, -0.25) is 4.79 Å². The van der Waals surface area contributed by atoms with Crippen LogP contribution in [0.1, 0.15) is 29.3 Å². The largest absolute Gasteiger partial charge is 0.461 e. The lowest BCUT2D eigenvalue weighted by Gasteiger charge is -2.20. The number of carbonyl (C=O) groups is 2. The Hall–Kier alpha value is -2.10. The van der Waals surface area contributed by atoms with Crippen molar-refractivity contribution in [2.24, 2.45) is 0 Å². The average molecular weight is 246 g/mol. The van der Waals surface area contributed by atoms with Crippen molar-refractivity contribution in [1.29, 1.82) is 0 Å². The molecule has 1 unspecified atom stereocenters. The first-order valence-corrected chi connectivity index (χ1v) is 5.64. The maximum Gasteiger partial charge on any atom is 0.338 e. The van der Waals surface area contributed by atoms with Gasteiger partial charge in [0.1, 0.15) is 6.61 Å². The summed E-state index contributed by atoms with van der Waals surface area (Å²) in [6.45, 7) is 5.44. The topological polar surface area (TPSA) is 52.6 Å². The first-order valence-electron chi connectivity index (χ1n) is 5.64. The summed E-state index contributed by atoms with van der Waals surface area (Å²) in [5.74, 6) is -0.793. The van der Waals surface area contributed by atoms with Crippen molar-refractivity contribution in [2.75, 3.05) is 6.61 Å². The summed E-state index contributed by atoms with van der Waals surface area (Å²) in [6, 6.07) is 6.89. The number of benzene rings is 1. The minimum Gasteiger partial charge on any atom is -0.461 e. The van der Waals surface area contributed by atoms with Crippen LogP contribution in [0.3, 0.4) is 0 Å². The zero-order chi connectivity index (χ0) is 13.2. The van der Waals surface area contributed by atoms with Gasteiger partial charge >= 0.3 is 11.9 Å². The molecule has 18 heavy (non-hydrogen) atoms. The predicted molar refractivity (Wildman–Crippen MR) is 65.9 cm³/mol. The Balaban J connectivity index is 2.07. The quantitative estimate of drug-likeness (QED) is 0.767. The maximum atomic E-state index is 11.9. The fourth-order valence-electron chi connectivity index (χ4n) is 1.74. The molecule has 0 radical (unpaired) electrons. The van der Waals surface area contributed by atoms with Crippen LogP contribution in [0, 0.1) is 0 Å². The second-order valence-corrected chi connectivity index (χ2v) is 4.50. The standard InChI is InChI=1S/C14H14O4/c1-3-10-4-6-11(7-5-10)13(16)18-14(2)8-12(15)17-9-14/h3-7H,1,8-9H2,2H3. The van der Waals surface area contributed by atoms with Gasteiger partial charge in [-0.25, -0.2) is 4.79 Å². The van der Waals surface area contributed by atoms with Crippen LogP contribution in [-0.2, 0) is 14.3 Å². The minimum atomic E-state index is -0.856. The molecule has 1 aliphatic heterocycles. The Kier molecular flexibility index (Phi) is 3.19. The highest BCUT2D eigenvalue weighted by Crippen LogP contribution is 2.24. The summed E-state index contributed by atoms with van der Waals surface area (Å²) in [4.78, 5) is 22.9. The number of esters is 2. The van der Waals surface area contributed by atoms with E-state index in [1.165, 1.54) is 0 Å². The van der Waals surface area contributed by atoms with Crippen LogP contribution < -0.4 is 0 Å². The number of rotatable bonds is 3. The van der Waals surface area contributed by atoms with Crippen LogP contribution in [0.5, 0.6) is 0 Å². The normalized spacial score (nSPS) is 22.4. The summed E-state index contributed by atoms with van der Waals surface area (Å²) in [7, 11) is 0. The van der Waals surface area contributed by atoms with Gasteiger partial charge in [0.05, 0.1) is 12.0 Å². The molecular weight excluding hydrogens is 232 g/mol. The lowest BCUT2D eigenvalue weighted by Crippen LogP contribution is -2.32. The first kappa shape index (κ1) is 12.4. The molecule has 0 spiro atoms. The Morgan fingerprint density at radius 2 is 2.11 bits per heavy atom. The van der Waals surface area contributed by atoms with Crippen LogP contribution in [0.4, 0.5) is 0 Å². The first-order chi connectivity index (χ1) is 8.52. The van der Waals surface area contributed by atoms with E-state index in [-0.39, 0.29) is 19.0 Å². The van der Waals surface area contributed by atoms with Gasteiger partial charge in [-0.05, 0) is 24.6 Å². The molecule has 1 fully saturated rings. The number of hydrogen-bond acceptors (Lipinski definition) is 4. The maximum absolute atomic E-state index is 11.9. The highest BCUT2D eigenvalue weighted by atomic mass is 16.6. The Morgan fingerprint density at radius 1 is 1.44 bits per heavy atom. The van der Waals surface area contributed by atoms with Crippen molar-refractivity contribution < 1.29 is 19.1 Å². The second-order valence-electron chi connectivity index (χ2n) is 4.50.